The number of imide groups is 1. The van der Waals surface area contributed by atoms with Crippen molar-refractivity contribution in [2.45, 2.75) is 39.7 Å². The lowest BCUT2D eigenvalue weighted by molar-refractivity contribution is -0.139. The van der Waals surface area contributed by atoms with Crippen LogP contribution in [0, 0.1) is 5.92 Å². The second-order valence-electron chi connectivity index (χ2n) is 10.5. The molecule has 2 aromatic carbocycles. The summed E-state index contributed by atoms with van der Waals surface area (Å²) in [5.41, 5.74) is 5.25. The summed E-state index contributed by atoms with van der Waals surface area (Å²) in [4.78, 5) is 41.3. The fourth-order valence-electron chi connectivity index (χ4n) is 5.83. The van der Waals surface area contributed by atoms with E-state index in [9.17, 15) is 14.4 Å². The van der Waals surface area contributed by atoms with Crippen LogP contribution in [0.1, 0.15) is 44.2 Å². The number of hydrogen-bond acceptors (Lipinski definition) is 4. The number of rotatable bonds is 4. The number of pyridine rings is 1. The number of amides is 2. The first kappa shape index (κ1) is 23.3. The van der Waals surface area contributed by atoms with Gasteiger partial charge in [-0.1, -0.05) is 38.1 Å². The molecule has 0 saturated carbocycles. The molecule has 0 spiro atoms. The second-order valence-corrected chi connectivity index (χ2v) is 10.5. The average molecular weight is 495 g/mol. The minimum Gasteiger partial charge on any atom is -0.356 e. The third-order valence-electron chi connectivity index (χ3n) is 7.74. The van der Waals surface area contributed by atoms with Crippen LogP contribution in [0.15, 0.2) is 70.8 Å². The molecule has 0 radical (unpaired) electrons. The van der Waals surface area contributed by atoms with Gasteiger partial charge in [-0.2, -0.15) is 0 Å². The predicted octanol–water partition coefficient (Wildman–Crippen LogP) is 4.74. The van der Waals surface area contributed by atoms with Crippen molar-refractivity contribution in [3.63, 3.8) is 0 Å². The monoisotopic (exact) mass is 494 g/mol. The Bertz CT molecular complexity index is 1710. The van der Waals surface area contributed by atoms with E-state index in [1.807, 2.05) is 42.5 Å². The van der Waals surface area contributed by atoms with E-state index in [-0.39, 0.29) is 23.9 Å². The van der Waals surface area contributed by atoms with Crippen LogP contribution in [0.2, 0.25) is 0 Å². The summed E-state index contributed by atoms with van der Waals surface area (Å²) in [5, 5.41) is 5.44. The molecule has 2 amide bonds. The first-order valence-corrected chi connectivity index (χ1v) is 12.8. The summed E-state index contributed by atoms with van der Waals surface area (Å²) in [6, 6.07) is 15.8. The van der Waals surface area contributed by atoms with Crippen LogP contribution in [-0.2, 0) is 23.2 Å². The summed E-state index contributed by atoms with van der Waals surface area (Å²) in [7, 11) is 1.77. The third kappa shape index (κ3) is 3.52. The van der Waals surface area contributed by atoms with E-state index in [0.29, 0.717) is 22.8 Å². The number of nitrogens with one attached hydrogen (secondary N) is 1. The van der Waals surface area contributed by atoms with Crippen LogP contribution in [0.3, 0.4) is 0 Å². The van der Waals surface area contributed by atoms with Gasteiger partial charge in [0, 0.05) is 55.0 Å². The topological polar surface area (TPSA) is 76.3 Å². The Kier molecular flexibility index (Phi) is 5.33. The molecule has 2 aromatic heterocycles. The molecule has 0 bridgehead atoms. The van der Waals surface area contributed by atoms with Gasteiger partial charge in [0.1, 0.15) is 0 Å². The van der Waals surface area contributed by atoms with Crippen molar-refractivity contribution in [2.75, 3.05) is 11.9 Å². The summed E-state index contributed by atoms with van der Waals surface area (Å²) < 4.78 is 3.90. The number of nitrogens with zero attached hydrogens (tertiary/aromatic N) is 3. The van der Waals surface area contributed by atoms with Crippen molar-refractivity contribution in [1.82, 2.24) is 14.0 Å². The number of benzene rings is 2. The SMILES string of the molecule is CC(=O)N1CC2=C(C1=O)C(c1cc3ccccc3n(C)c1=O)c1cn(CCC(C)C)c3cccc(c13)N2. The number of para-hydroxylation sites is 1. The van der Waals surface area contributed by atoms with Crippen molar-refractivity contribution in [3.8, 4) is 0 Å². The maximum absolute atomic E-state index is 13.9. The Morgan fingerprint density at radius 2 is 1.81 bits per heavy atom. The zero-order valence-corrected chi connectivity index (χ0v) is 21.5. The van der Waals surface area contributed by atoms with Crippen LogP contribution in [-0.4, -0.2) is 32.4 Å². The highest BCUT2D eigenvalue weighted by molar-refractivity contribution is 6.11. The van der Waals surface area contributed by atoms with E-state index in [1.54, 1.807) is 11.6 Å². The highest BCUT2D eigenvalue weighted by atomic mass is 16.2. The lowest BCUT2D eigenvalue weighted by atomic mass is 9.84. The summed E-state index contributed by atoms with van der Waals surface area (Å²) in [6.45, 7) is 6.81. The van der Waals surface area contributed by atoms with Gasteiger partial charge in [0.2, 0.25) is 5.91 Å². The minimum absolute atomic E-state index is 0.146. The molecule has 4 aromatic rings. The summed E-state index contributed by atoms with van der Waals surface area (Å²) >= 11 is 0. The molecule has 4 heterocycles. The van der Waals surface area contributed by atoms with Gasteiger partial charge in [0.15, 0.2) is 0 Å². The highest BCUT2D eigenvalue weighted by Crippen LogP contribution is 2.46. The van der Waals surface area contributed by atoms with Gasteiger partial charge in [0.25, 0.3) is 11.5 Å². The van der Waals surface area contributed by atoms with Crippen molar-refractivity contribution in [3.05, 3.63) is 87.5 Å². The fraction of sp³-hybridized carbons (Fsp3) is 0.300. The molecule has 2 aliphatic rings. The number of hydrogen-bond donors (Lipinski definition) is 1. The van der Waals surface area contributed by atoms with Gasteiger partial charge in [-0.3, -0.25) is 19.3 Å². The van der Waals surface area contributed by atoms with Crippen molar-refractivity contribution in [1.29, 1.82) is 0 Å². The predicted molar refractivity (Wildman–Crippen MR) is 145 cm³/mol. The molecule has 7 nitrogen and oxygen atoms in total. The number of anilines is 1. The van der Waals surface area contributed by atoms with Gasteiger partial charge in [-0.15, -0.1) is 0 Å². The van der Waals surface area contributed by atoms with Gasteiger partial charge in [-0.25, -0.2) is 0 Å². The molecule has 6 rings (SSSR count). The standard InChI is InChI=1S/C30H30N4O3/c1-17(2)12-13-33-15-21-26(20-14-19-8-5-6-10-24(19)32(4)29(20)36)28-23(16-34(18(3)35)30(28)37)31-22-9-7-11-25(33)27(21)22/h5-11,14-15,17,26,31H,12-13,16H2,1-4H3. The van der Waals surface area contributed by atoms with Gasteiger partial charge in [-0.05, 0) is 47.6 Å². The molecular weight excluding hydrogens is 464 g/mol. The smallest absolute Gasteiger partial charge is 0.259 e. The molecule has 1 unspecified atom stereocenters. The number of carbonyl (C=O) groups excluding carboxylic acids is 2. The number of aromatic nitrogens is 2. The number of fused-ring (bicyclic) bond motifs is 1. The van der Waals surface area contributed by atoms with E-state index in [4.69, 9.17) is 0 Å². The zero-order valence-electron chi connectivity index (χ0n) is 21.5. The third-order valence-corrected chi connectivity index (χ3v) is 7.74. The lowest BCUT2D eigenvalue weighted by Gasteiger charge is -2.20. The Morgan fingerprint density at radius 3 is 2.57 bits per heavy atom. The zero-order chi connectivity index (χ0) is 26.0. The van der Waals surface area contributed by atoms with Crippen LogP contribution < -0.4 is 10.9 Å². The van der Waals surface area contributed by atoms with E-state index >= 15 is 0 Å². The largest absolute Gasteiger partial charge is 0.356 e. The first-order chi connectivity index (χ1) is 17.8. The fourth-order valence-corrected chi connectivity index (χ4v) is 5.83. The lowest BCUT2D eigenvalue weighted by Crippen LogP contribution is -2.34. The highest BCUT2D eigenvalue weighted by Gasteiger charge is 2.42. The first-order valence-electron chi connectivity index (χ1n) is 12.8. The quantitative estimate of drug-likeness (QED) is 0.445. The maximum atomic E-state index is 13.9. The molecule has 2 aliphatic heterocycles. The normalized spacial score (nSPS) is 17.1. The maximum Gasteiger partial charge on any atom is 0.259 e. The Balaban J connectivity index is 1.67. The van der Waals surface area contributed by atoms with Crippen molar-refractivity contribution in [2.24, 2.45) is 13.0 Å². The molecular formula is C30H30N4O3. The van der Waals surface area contributed by atoms with Crippen molar-refractivity contribution < 1.29 is 9.59 Å². The average Bonchev–Trinajstić information content (AvgIpc) is 3.35. The van der Waals surface area contributed by atoms with Gasteiger partial charge in [0.05, 0.1) is 23.2 Å². The molecule has 1 atom stereocenters. The van der Waals surface area contributed by atoms with Crippen LogP contribution in [0.5, 0.6) is 0 Å². The van der Waals surface area contributed by atoms with E-state index in [1.165, 1.54) is 11.8 Å². The van der Waals surface area contributed by atoms with Crippen LogP contribution in [0.25, 0.3) is 21.8 Å². The van der Waals surface area contributed by atoms with Gasteiger partial charge >= 0.3 is 0 Å². The molecule has 1 N–H and O–H groups in total. The van der Waals surface area contributed by atoms with E-state index < -0.39 is 5.92 Å². The molecule has 0 saturated heterocycles. The Hall–Kier alpha value is -4.13. The number of carbonyl (C=O) groups is 2. The molecule has 37 heavy (non-hydrogen) atoms. The molecule has 0 aliphatic carbocycles. The van der Waals surface area contributed by atoms with Gasteiger partial charge < -0.3 is 14.5 Å². The number of aryl methyl sites for hydroxylation is 2. The second kappa shape index (κ2) is 8.47. The van der Waals surface area contributed by atoms with Crippen molar-refractivity contribution >= 4 is 39.3 Å². The minimum atomic E-state index is -0.603. The van der Waals surface area contributed by atoms with Crippen LogP contribution >= 0.6 is 0 Å². The Labute approximate surface area is 215 Å². The Morgan fingerprint density at radius 1 is 1.05 bits per heavy atom. The molecule has 188 valence electrons. The molecule has 7 heteroatoms. The van der Waals surface area contributed by atoms with E-state index in [2.05, 4.69) is 36.0 Å². The summed E-state index contributed by atoms with van der Waals surface area (Å²) in [5.74, 6) is -0.716. The summed E-state index contributed by atoms with van der Waals surface area (Å²) in [6.07, 6.45) is 3.12. The van der Waals surface area contributed by atoms with Crippen LogP contribution in [0.4, 0.5) is 5.69 Å². The molecule has 0 fully saturated rings. The van der Waals surface area contributed by atoms with E-state index in [0.717, 1.165) is 46.0 Å².